The quantitative estimate of drug-likeness (QED) is 0.826. The number of esters is 1. The van der Waals surface area contributed by atoms with Gasteiger partial charge in [0.05, 0.1) is 11.4 Å². The zero-order chi connectivity index (χ0) is 19.2. The van der Waals surface area contributed by atoms with Gasteiger partial charge in [0.1, 0.15) is 5.54 Å². The highest BCUT2D eigenvalue weighted by Crippen LogP contribution is 2.49. The molecule has 0 unspecified atom stereocenters. The molecule has 2 bridgehead atoms. The normalized spacial score (nSPS) is 27.9. The summed E-state index contributed by atoms with van der Waals surface area (Å²) in [5.41, 5.74) is 0.155. The standard InChI is InChI=1S/C21H26N2O4/c1-21(2)20(26)22-16-5-3-4-6-17(16)23(21)18(24)12-27-19(25)11-15-10-13-7-8-14(15)9-13/h3-6,13-15H,7-12H2,1-2H3,(H,22,26)/t13-,14+,15+/m0/s1. The Bertz CT molecular complexity index is 788. The van der Waals surface area contributed by atoms with Crippen molar-refractivity contribution in [3.8, 4) is 0 Å². The molecule has 2 amide bonds. The Labute approximate surface area is 159 Å². The largest absolute Gasteiger partial charge is 0.456 e. The zero-order valence-electron chi connectivity index (χ0n) is 15.9. The molecule has 2 saturated carbocycles. The highest BCUT2D eigenvalue weighted by Gasteiger charge is 2.44. The second kappa shape index (κ2) is 6.66. The van der Waals surface area contributed by atoms with E-state index in [1.54, 1.807) is 32.0 Å². The van der Waals surface area contributed by atoms with E-state index in [1.807, 2.05) is 6.07 Å². The molecule has 3 atom stereocenters. The molecule has 6 heteroatoms. The van der Waals surface area contributed by atoms with E-state index in [2.05, 4.69) is 5.32 Å². The van der Waals surface area contributed by atoms with E-state index in [0.29, 0.717) is 29.6 Å². The number of amides is 2. The third-order valence-electron chi connectivity index (χ3n) is 6.43. The number of nitrogens with zero attached hydrogens (tertiary/aromatic N) is 1. The number of carbonyl (C=O) groups is 3. The first kappa shape index (κ1) is 18.0. The third kappa shape index (κ3) is 3.22. The van der Waals surface area contributed by atoms with Gasteiger partial charge in [-0.05, 0) is 63.0 Å². The fraction of sp³-hybridized carbons (Fsp3) is 0.571. The number of anilines is 2. The summed E-state index contributed by atoms with van der Waals surface area (Å²) in [6, 6.07) is 7.15. The molecule has 2 aliphatic carbocycles. The van der Waals surface area contributed by atoms with E-state index >= 15 is 0 Å². The molecule has 1 aromatic carbocycles. The number of ether oxygens (including phenoxy) is 1. The SMILES string of the molecule is CC1(C)C(=O)Nc2ccccc2N1C(=O)COC(=O)C[C@H]1C[C@H]2CC[C@@H]1C2. The molecule has 2 fully saturated rings. The first-order valence-corrected chi connectivity index (χ1v) is 9.75. The molecular formula is C21H26N2O4. The maximum atomic E-state index is 12.9. The van der Waals surface area contributed by atoms with E-state index < -0.39 is 5.54 Å². The number of hydrogen-bond donors (Lipinski definition) is 1. The molecule has 0 saturated heterocycles. The highest BCUT2D eigenvalue weighted by atomic mass is 16.5. The van der Waals surface area contributed by atoms with E-state index in [4.69, 9.17) is 4.74 Å². The average molecular weight is 370 g/mol. The molecule has 0 aromatic heterocycles. The minimum atomic E-state index is -1.05. The summed E-state index contributed by atoms with van der Waals surface area (Å²) in [5.74, 6) is 0.873. The van der Waals surface area contributed by atoms with Crippen LogP contribution >= 0.6 is 0 Å². The summed E-state index contributed by atoms with van der Waals surface area (Å²) >= 11 is 0. The fourth-order valence-electron chi connectivity index (χ4n) is 5.00. The molecule has 6 nitrogen and oxygen atoms in total. The fourth-order valence-corrected chi connectivity index (χ4v) is 5.00. The molecule has 0 spiro atoms. The Hall–Kier alpha value is -2.37. The molecular weight excluding hydrogens is 344 g/mol. The number of carbonyl (C=O) groups excluding carboxylic acids is 3. The maximum Gasteiger partial charge on any atom is 0.306 e. The minimum absolute atomic E-state index is 0.261. The van der Waals surface area contributed by atoms with E-state index in [-0.39, 0.29) is 24.4 Å². The van der Waals surface area contributed by atoms with Crippen LogP contribution < -0.4 is 10.2 Å². The second-order valence-corrected chi connectivity index (χ2v) is 8.56. The van der Waals surface area contributed by atoms with Gasteiger partial charge in [-0.3, -0.25) is 19.3 Å². The summed E-state index contributed by atoms with van der Waals surface area (Å²) in [7, 11) is 0. The Morgan fingerprint density at radius 1 is 1.22 bits per heavy atom. The van der Waals surface area contributed by atoms with Crippen molar-refractivity contribution in [1.29, 1.82) is 0 Å². The van der Waals surface area contributed by atoms with Crippen LogP contribution in [0.3, 0.4) is 0 Å². The van der Waals surface area contributed by atoms with Crippen LogP contribution in [0.1, 0.15) is 46.0 Å². The zero-order valence-corrected chi connectivity index (χ0v) is 15.9. The van der Waals surface area contributed by atoms with Gasteiger partial charge in [0, 0.05) is 6.42 Å². The molecule has 1 aromatic rings. The van der Waals surface area contributed by atoms with Crippen molar-refractivity contribution in [2.75, 3.05) is 16.8 Å². The van der Waals surface area contributed by atoms with Crippen molar-refractivity contribution in [3.63, 3.8) is 0 Å². The predicted octanol–water partition coefficient (Wildman–Crippen LogP) is 3.12. The van der Waals surface area contributed by atoms with Crippen molar-refractivity contribution in [3.05, 3.63) is 24.3 Å². The molecule has 1 heterocycles. The lowest BCUT2D eigenvalue weighted by Crippen LogP contribution is -2.59. The summed E-state index contributed by atoms with van der Waals surface area (Å²) in [6.07, 6.45) is 5.26. The van der Waals surface area contributed by atoms with Gasteiger partial charge in [-0.25, -0.2) is 0 Å². The predicted molar refractivity (Wildman–Crippen MR) is 101 cm³/mol. The van der Waals surface area contributed by atoms with Gasteiger partial charge >= 0.3 is 5.97 Å². The van der Waals surface area contributed by atoms with E-state index in [9.17, 15) is 14.4 Å². The lowest BCUT2D eigenvalue weighted by molar-refractivity contribution is -0.149. The lowest BCUT2D eigenvalue weighted by atomic mass is 9.86. The Balaban J connectivity index is 1.41. The van der Waals surface area contributed by atoms with Crippen LogP contribution in [-0.2, 0) is 19.1 Å². The molecule has 1 N–H and O–H groups in total. The molecule has 1 aliphatic heterocycles. The van der Waals surface area contributed by atoms with Crippen LogP contribution in [0.2, 0.25) is 0 Å². The summed E-state index contributed by atoms with van der Waals surface area (Å²) < 4.78 is 5.31. The number of nitrogens with one attached hydrogen (secondary N) is 1. The van der Waals surface area contributed by atoms with Gasteiger partial charge in [0.15, 0.2) is 6.61 Å². The number of fused-ring (bicyclic) bond motifs is 3. The highest BCUT2D eigenvalue weighted by molar-refractivity contribution is 6.14. The summed E-state index contributed by atoms with van der Waals surface area (Å²) in [5, 5.41) is 2.82. The third-order valence-corrected chi connectivity index (χ3v) is 6.43. The van der Waals surface area contributed by atoms with Crippen LogP contribution in [0, 0.1) is 17.8 Å². The lowest BCUT2D eigenvalue weighted by Gasteiger charge is -2.41. The Kier molecular flexibility index (Phi) is 4.44. The van der Waals surface area contributed by atoms with Crippen LogP contribution in [0.5, 0.6) is 0 Å². The van der Waals surface area contributed by atoms with Crippen LogP contribution in [0.4, 0.5) is 11.4 Å². The van der Waals surface area contributed by atoms with Crippen molar-refractivity contribution < 1.29 is 19.1 Å². The van der Waals surface area contributed by atoms with Crippen LogP contribution in [0.25, 0.3) is 0 Å². The summed E-state index contributed by atoms with van der Waals surface area (Å²) in [4.78, 5) is 39.0. The molecule has 144 valence electrons. The van der Waals surface area contributed by atoms with E-state index in [0.717, 1.165) is 12.3 Å². The number of rotatable bonds is 4. The first-order chi connectivity index (χ1) is 12.9. The van der Waals surface area contributed by atoms with Crippen LogP contribution in [-0.4, -0.2) is 29.9 Å². The monoisotopic (exact) mass is 370 g/mol. The summed E-state index contributed by atoms with van der Waals surface area (Å²) in [6.45, 7) is 3.03. The molecule has 4 rings (SSSR count). The second-order valence-electron chi connectivity index (χ2n) is 8.56. The smallest absolute Gasteiger partial charge is 0.306 e. The van der Waals surface area contributed by atoms with Gasteiger partial charge in [-0.1, -0.05) is 18.6 Å². The van der Waals surface area contributed by atoms with E-state index in [1.165, 1.54) is 24.2 Å². The molecule has 0 radical (unpaired) electrons. The number of para-hydroxylation sites is 2. The van der Waals surface area contributed by atoms with Crippen LogP contribution in [0.15, 0.2) is 24.3 Å². The van der Waals surface area contributed by atoms with Crippen molar-refractivity contribution in [2.45, 2.75) is 51.5 Å². The van der Waals surface area contributed by atoms with Gasteiger partial charge < -0.3 is 10.1 Å². The first-order valence-electron chi connectivity index (χ1n) is 9.75. The van der Waals surface area contributed by atoms with Gasteiger partial charge in [0.2, 0.25) is 5.91 Å². The van der Waals surface area contributed by atoms with Gasteiger partial charge in [-0.2, -0.15) is 0 Å². The maximum absolute atomic E-state index is 12.9. The van der Waals surface area contributed by atoms with Gasteiger partial charge in [-0.15, -0.1) is 0 Å². The topological polar surface area (TPSA) is 75.7 Å². The Morgan fingerprint density at radius 3 is 2.70 bits per heavy atom. The average Bonchev–Trinajstić information content (AvgIpc) is 3.23. The Morgan fingerprint density at radius 2 is 2.00 bits per heavy atom. The molecule has 27 heavy (non-hydrogen) atoms. The van der Waals surface area contributed by atoms with Crippen molar-refractivity contribution >= 4 is 29.2 Å². The van der Waals surface area contributed by atoms with Gasteiger partial charge in [0.25, 0.3) is 5.91 Å². The number of benzene rings is 1. The minimum Gasteiger partial charge on any atom is -0.456 e. The van der Waals surface area contributed by atoms with Crippen molar-refractivity contribution in [1.82, 2.24) is 0 Å². The van der Waals surface area contributed by atoms with Crippen molar-refractivity contribution in [2.24, 2.45) is 17.8 Å². The number of hydrogen-bond acceptors (Lipinski definition) is 4. The molecule has 3 aliphatic rings.